The van der Waals surface area contributed by atoms with E-state index in [1.807, 2.05) is 0 Å². The van der Waals surface area contributed by atoms with Crippen molar-refractivity contribution in [2.24, 2.45) is 5.92 Å². The molecule has 3 nitrogen and oxygen atoms in total. The number of hydrogen-bond donors (Lipinski definition) is 1. The fourth-order valence-corrected chi connectivity index (χ4v) is 3.11. The van der Waals surface area contributed by atoms with Crippen LogP contribution in [0.3, 0.4) is 0 Å². The Morgan fingerprint density at radius 3 is 2.78 bits per heavy atom. The molecule has 2 atom stereocenters. The van der Waals surface area contributed by atoms with Gasteiger partial charge in [0.15, 0.2) is 5.82 Å². The fraction of sp³-hybridized carbons (Fsp3) is 0.312. The van der Waals surface area contributed by atoms with E-state index in [-0.39, 0.29) is 21.7 Å². The lowest BCUT2D eigenvalue weighted by atomic mass is 9.96. The number of ether oxygens (including phenoxy) is 1. The predicted molar refractivity (Wildman–Crippen MR) is 85.0 cm³/mol. The van der Waals surface area contributed by atoms with Crippen molar-refractivity contribution in [3.63, 3.8) is 0 Å². The fourth-order valence-electron chi connectivity index (χ4n) is 2.69. The average molecular weight is 359 g/mol. The molecule has 1 aliphatic heterocycles. The minimum absolute atomic E-state index is 0.0751. The van der Waals surface area contributed by atoms with Gasteiger partial charge in [-0.25, -0.2) is 8.78 Å². The smallest absolute Gasteiger partial charge is 0.164 e. The van der Waals surface area contributed by atoms with Crippen molar-refractivity contribution in [1.82, 2.24) is 10.3 Å². The summed E-state index contributed by atoms with van der Waals surface area (Å²) in [5.41, 5.74) is 0.588. The highest BCUT2D eigenvalue weighted by atomic mass is 35.5. The molecule has 0 unspecified atom stereocenters. The first-order valence-electron chi connectivity index (χ1n) is 7.17. The van der Waals surface area contributed by atoms with Gasteiger partial charge in [0.2, 0.25) is 0 Å². The van der Waals surface area contributed by atoms with Crippen molar-refractivity contribution in [1.29, 1.82) is 0 Å². The standard InChI is InChI=1S/C16H14Cl2F2N2O/c17-12-1-2-13(14(18)15(12)20)23-16(9-3-4-21-6-9)10-5-11(19)8-22-7-10/h1-2,5,7-9,16,21H,3-4,6H2/t9-,16+/m1/s1. The summed E-state index contributed by atoms with van der Waals surface area (Å²) in [6.07, 6.45) is 3.05. The Morgan fingerprint density at radius 2 is 2.09 bits per heavy atom. The van der Waals surface area contributed by atoms with Gasteiger partial charge >= 0.3 is 0 Å². The minimum Gasteiger partial charge on any atom is -0.484 e. The molecule has 7 heteroatoms. The second-order valence-electron chi connectivity index (χ2n) is 5.40. The van der Waals surface area contributed by atoms with Crippen LogP contribution in [0.25, 0.3) is 0 Å². The van der Waals surface area contributed by atoms with Gasteiger partial charge in [0.1, 0.15) is 22.7 Å². The summed E-state index contributed by atoms with van der Waals surface area (Å²) in [7, 11) is 0. The number of aromatic nitrogens is 1. The molecule has 0 amide bonds. The number of hydrogen-bond acceptors (Lipinski definition) is 3. The number of rotatable bonds is 4. The molecular formula is C16H14Cl2F2N2O. The molecule has 122 valence electrons. The molecule has 2 heterocycles. The maximum absolute atomic E-state index is 13.9. The van der Waals surface area contributed by atoms with Crippen LogP contribution in [-0.2, 0) is 0 Å². The summed E-state index contributed by atoms with van der Waals surface area (Å²) in [4.78, 5) is 3.87. The van der Waals surface area contributed by atoms with Crippen molar-refractivity contribution in [2.75, 3.05) is 13.1 Å². The third-order valence-electron chi connectivity index (χ3n) is 3.83. The highest BCUT2D eigenvalue weighted by Gasteiger charge is 2.29. The number of halogens is 4. The summed E-state index contributed by atoms with van der Waals surface area (Å²) in [5.74, 6) is -0.898. The van der Waals surface area contributed by atoms with Gasteiger partial charge in [0, 0.05) is 24.2 Å². The molecule has 3 rings (SSSR count). The molecule has 0 bridgehead atoms. The van der Waals surface area contributed by atoms with E-state index in [2.05, 4.69) is 10.3 Å². The molecule has 0 saturated carbocycles. The first kappa shape index (κ1) is 16.4. The van der Waals surface area contributed by atoms with Crippen LogP contribution in [0.1, 0.15) is 18.1 Å². The van der Waals surface area contributed by atoms with Gasteiger partial charge in [-0.3, -0.25) is 4.98 Å². The Balaban J connectivity index is 1.94. The number of benzene rings is 1. The van der Waals surface area contributed by atoms with Crippen LogP contribution < -0.4 is 10.1 Å². The highest BCUT2D eigenvalue weighted by molar-refractivity contribution is 6.35. The molecule has 0 aliphatic carbocycles. The molecule has 23 heavy (non-hydrogen) atoms. The monoisotopic (exact) mass is 358 g/mol. The highest BCUT2D eigenvalue weighted by Crippen LogP contribution is 2.37. The third kappa shape index (κ3) is 3.57. The Labute approximate surface area is 142 Å². The Kier molecular flexibility index (Phi) is 4.99. The quantitative estimate of drug-likeness (QED) is 0.822. The predicted octanol–water partition coefficient (Wildman–Crippen LogP) is 4.40. The molecule has 0 radical (unpaired) electrons. The number of nitrogens with one attached hydrogen (secondary N) is 1. The molecule has 2 aromatic rings. The van der Waals surface area contributed by atoms with Gasteiger partial charge in [0.05, 0.1) is 11.2 Å². The first-order chi connectivity index (χ1) is 11.1. The summed E-state index contributed by atoms with van der Waals surface area (Å²) in [6, 6.07) is 4.26. The number of nitrogens with zero attached hydrogens (tertiary/aromatic N) is 1. The van der Waals surface area contributed by atoms with E-state index in [9.17, 15) is 8.78 Å². The van der Waals surface area contributed by atoms with Crippen LogP contribution >= 0.6 is 23.2 Å². The zero-order valence-electron chi connectivity index (χ0n) is 12.0. The van der Waals surface area contributed by atoms with E-state index in [4.69, 9.17) is 27.9 Å². The molecule has 1 fully saturated rings. The van der Waals surface area contributed by atoms with E-state index in [1.54, 1.807) is 6.20 Å². The topological polar surface area (TPSA) is 34.1 Å². The molecule has 1 N–H and O–H groups in total. The van der Waals surface area contributed by atoms with E-state index < -0.39 is 17.7 Å². The van der Waals surface area contributed by atoms with Crippen molar-refractivity contribution < 1.29 is 13.5 Å². The zero-order chi connectivity index (χ0) is 16.4. The van der Waals surface area contributed by atoms with Crippen molar-refractivity contribution in [2.45, 2.75) is 12.5 Å². The normalized spacial score (nSPS) is 18.9. The van der Waals surface area contributed by atoms with Crippen LogP contribution in [0.5, 0.6) is 5.75 Å². The molecule has 1 saturated heterocycles. The van der Waals surface area contributed by atoms with E-state index in [0.717, 1.165) is 25.7 Å². The number of pyridine rings is 1. The van der Waals surface area contributed by atoms with Crippen LogP contribution in [0, 0.1) is 17.6 Å². The summed E-state index contributed by atoms with van der Waals surface area (Å²) >= 11 is 11.7. The first-order valence-corrected chi connectivity index (χ1v) is 7.93. The van der Waals surface area contributed by atoms with Gasteiger partial charge in [-0.2, -0.15) is 0 Å². The minimum atomic E-state index is -0.730. The van der Waals surface area contributed by atoms with Crippen LogP contribution in [-0.4, -0.2) is 18.1 Å². The van der Waals surface area contributed by atoms with Crippen LogP contribution in [0.15, 0.2) is 30.6 Å². The van der Waals surface area contributed by atoms with Crippen molar-refractivity contribution >= 4 is 23.2 Å². The van der Waals surface area contributed by atoms with Gasteiger partial charge in [-0.15, -0.1) is 0 Å². The average Bonchev–Trinajstić information content (AvgIpc) is 3.06. The summed E-state index contributed by atoms with van der Waals surface area (Å²) in [5, 5.41) is 2.98. The summed E-state index contributed by atoms with van der Waals surface area (Å²) < 4.78 is 33.3. The van der Waals surface area contributed by atoms with Crippen LogP contribution in [0.2, 0.25) is 10.0 Å². The molecular weight excluding hydrogens is 345 g/mol. The SMILES string of the molecule is Fc1cncc([C@@H](Oc2ccc(Cl)c(F)c2Cl)[C@@H]2CCNC2)c1. The Bertz CT molecular complexity index is 708. The molecule has 1 aromatic heterocycles. The lowest BCUT2D eigenvalue weighted by Gasteiger charge is -2.25. The molecule has 1 aromatic carbocycles. The van der Waals surface area contributed by atoms with E-state index in [1.165, 1.54) is 18.2 Å². The van der Waals surface area contributed by atoms with Crippen molar-refractivity contribution in [3.8, 4) is 5.75 Å². The molecule has 1 aliphatic rings. The van der Waals surface area contributed by atoms with E-state index in [0.29, 0.717) is 5.56 Å². The van der Waals surface area contributed by atoms with Gasteiger partial charge in [0.25, 0.3) is 0 Å². The second kappa shape index (κ2) is 6.99. The van der Waals surface area contributed by atoms with Gasteiger partial charge < -0.3 is 10.1 Å². The molecule has 0 spiro atoms. The zero-order valence-corrected chi connectivity index (χ0v) is 13.5. The maximum atomic E-state index is 13.9. The lowest BCUT2D eigenvalue weighted by Crippen LogP contribution is -2.22. The summed E-state index contributed by atoms with van der Waals surface area (Å²) in [6.45, 7) is 1.56. The maximum Gasteiger partial charge on any atom is 0.164 e. The third-order valence-corrected chi connectivity index (χ3v) is 4.48. The lowest BCUT2D eigenvalue weighted by molar-refractivity contribution is 0.143. The van der Waals surface area contributed by atoms with E-state index >= 15 is 0 Å². The van der Waals surface area contributed by atoms with Crippen molar-refractivity contribution in [3.05, 3.63) is 57.8 Å². The Hall–Kier alpha value is -1.43. The second-order valence-corrected chi connectivity index (χ2v) is 6.19. The Morgan fingerprint density at radius 1 is 1.26 bits per heavy atom. The van der Waals surface area contributed by atoms with Gasteiger partial charge in [-0.1, -0.05) is 23.2 Å². The van der Waals surface area contributed by atoms with Gasteiger partial charge in [-0.05, 0) is 31.2 Å². The van der Waals surface area contributed by atoms with Crippen LogP contribution in [0.4, 0.5) is 8.78 Å². The largest absolute Gasteiger partial charge is 0.484 e.